The Kier molecular flexibility index (Phi) is 4.16. The van der Waals surface area contributed by atoms with Crippen molar-refractivity contribution in [3.63, 3.8) is 0 Å². The van der Waals surface area contributed by atoms with E-state index in [0.29, 0.717) is 17.2 Å². The molecule has 0 atom stereocenters. The predicted octanol–water partition coefficient (Wildman–Crippen LogP) is 1.56. The first-order chi connectivity index (χ1) is 7.71. The van der Waals surface area contributed by atoms with Gasteiger partial charge in [-0.15, -0.1) is 0 Å². The summed E-state index contributed by atoms with van der Waals surface area (Å²) in [5.41, 5.74) is 0.517. The zero-order chi connectivity index (χ0) is 12.0. The zero-order valence-corrected chi connectivity index (χ0v) is 9.11. The molecule has 0 fully saturated rings. The number of methoxy groups -OCH3 is 2. The van der Waals surface area contributed by atoms with E-state index in [2.05, 4.69) is 5.32 Å². The Labute approximate surface area is 93.6 Å². The van der Waals surface area contributed by atoms with Crippen molar-refractivity contribution in [2.75, 3.05) is 19.5 Å². The van der Waals surface area contributed by atoms with Gasteiger partial charge in [-0.1, -0.05) is 0 Å². The maximum absolute atomic E-state index is 11.2. The third-order valence-corrected chi connectivity index (χ3v) is 1.92. The lowest BCUT2D eigenvalue weighted by atomic mass is 10.2. The van der Waals surface area contributed by atoms with Gasteiger partial charge in [-0.05, 0) is 12.1 Å². The summed E-state index contributed by atoms with van der Waals surface area (Å²) in [4.78, 5) is 11.2. The summed E-state index contributed by atoms with van der Waals surface area (Å²) < 4.78 is 10.1. The van der Waals surface area contributed by atoms with Crippen LogP contribution in [0.4, 0.5) is 5.69 Å². The molecule has 1 aromatic carbocycles. The van der Waals surface area contributed by atoms with E-state index in [1.54, 1.807) is 31.4 Å². The minimum Gasteiger partial charge on any atom is -0.497 e. The van der Waals surface area contributed by atoms with Crippen LogP contribution in [0.5, 0.6) is 11.5 Å². The molecule has 0 aliphatic carbocycles. The highest BCUT2D eigenvalue weighted by molar-refractivity contribution is 5.93. The van der Waals surface area contributed by atoms with Gasteiger partial charge in [-0.3, -0.25) is 4.79 Å². The van der Waals surface area contributed by atoms with Gasteiger partial charge in [0.05, 0.1) is 26.0 Å². The molecule has 1 aromatic rings. The molecule has 0 saturated carbocycles. The first-order valence-corrected chi connectivity index (χ1v) is 4.60. The number of amides is 1. The van der Waals surface area contributed by atoms with Gasteiger partial charge >= 0.3 is 0 Å². The number of hydrogen-bond acceptors (Lipinski definition) is 4. The van der Waals surface area contributed by atoms with Crippen LogP contribution in [0.15, 0.2) is 18.2 Å². The molecule has 5 heteroatoms. The van der Waals surface area contributed by atoms with Crippen molar-refractivity contribution in [3.05, 3.63) is 18.2 Å². The summed E-state index contributed by atoms with van der Waals surface area (Å²) in [6, 6.07) is 6.78. The van der Waals surface area contributed by atoms with Crippen LogP contribution >= 0.6 is 0 Å². The second-order valence-corrected chi connectivity index (χ2v) is 2.95. The molecule has 0 bridgehead atoms. The number of nitrogens with zero attached hydrogens (tertiary/aromatic N) is 1. The summed E-state index contributed by atoms with van der Waals surface area (Å²) in [5, 5.41) is 10.9. The van der Waals surface area contributed by atoms with E-state index in [0.717, 1.165) is 0 Å². The van der Waals surface area contributed by atoms with E-state index in [-0.39, 0.29) is 12.3 Å². The van der Waals surface area contributed by atoms with Crippen LogP contribution in [-0.2, 0) is 4.79 Å². The molecule has 84 valence electrons. The number of hydrogen-bond donors (Lipinski definition) is 1. The average molecular weight is 220 g/mol. The van der Waals surface area contributed by atoms with Crippen LogP contribution < -0.4 is 14.8 Å². The smallest absolute Gasteiger partial charge is 0.238 e. The highest BCUT2D eigenvalue weighted by Gasteiger charge is 2.08. The van der Waals surface area contributed by atoms with Crippen LogP contribution in [-0.4, -0.2) is 20.1 Å². The minimum absolute atomic E-state index is 0.185. The van der Waals surface area contributed by atoms with Crippen LogP contribution in [0.2, 0.25) is 0 Å². The van der Waals surface area contributed by atoms with Gasteiger partial charge in [-0.25, -0.2) is 0 Å². The molecule has 0 aliphatic rings. The Bertz CT molecular complexity index is 424. The quantitative estimate of drug-likeness (QED) is 0.835. The van der Waals surface area contributed by atoms with E-state index in [1.165, 1.54) is 7.11 Å². The zero-order valence-electron chi connectivity index (χ0n) is 9.11. The normalized spacial score (nSPS) is 9.06. The van der Waals surface area contributed by atoms with E-state index in [1.807, 2.05) is 0 Å². The van der Waals surface area contributed by atoms with E-state index < -0.39 is 0 Å². The summed E-state index contributed by atoms with van der Waals surface area (Å²) in [7, 11) is 3.04. The van der Waals surface area contributed by atoms with Crippen molar-refractivity contribution in [1.29, 1.82) is 5.26 Å². The molecule has 0 radical (unpaired) electrons. The molecule has 0 aliphatic heterocycles. The number of carbonyl (C=O) groups is 1. The van der Waals surface area contributed by atoms with Crippen molar-refractivity contribution in [2.24, 2.45) is 0 Å². The summed E-state index contributed by atoms with van der Waals surface area (Å²) in [6.07, 6.45) is -0.185. The Morgan fingerprint density at radius 3 is 2.75 bits per heavy atom. The first-order valence-electron chi connectivity index (χ1n) is 4.60. The number of anilines is 1. The van der Waals surface area contributed by atoms with E-state index in [9.17, 15) is 4.79 Å². The third kappa shape index (κ3) is 2.89. The highest BCUT2D eigenvalue weighted by atomic mass is 16.5. The van der Waals surface area contributed by atoms with Gasteiger partial charge in [0.15, 0.2) is 0 Å². The molecule has 0 unspecified atom stereocenters. The van der Waals surface area contributed by atoms with Crippen LogP contribution in [0, 0.1) is 11.3 Å². The van der Waals surface area contributed by atoms with E-state index in [4.69, 9.17) is 14.7 Å². The number of nitrogens with one attached hydrogen (secondary N) is 1. The molecule has 0 heterocycles. The van der Waals surface area contributed by atoms with Crippen molar-refractivity contribution in [2.45, 2.75) is 6.42 Å². The van der Waals surface area contributed by atoms with Crippen LogP contribution in [0.1, 0.15) is 6.42 Å². The molecule has 1 N–H and O–H groups in total. The molecule has 1 rings (SSSR count). The SMILES string of the molecule is COc1ccc(NC(=O)CC#N)c(OC)c1. The lowest BCUT2D eigenvalue weighted by Gasteiger charge is -2.10. The molecule has 0 aromatic heterocycles. The number of ether oxygens (including phenoxy) is 2. The van der Waals surface area contributed by atoms with Crippen molar-refractivity contribution in [3.8, 4) is 17.6 Å². The van der Waals surface area contributed by atoms with Crippen molar-refractivity contribution in [1.82, 2.24) is 0 Å². The summed E-state index contributed by atoms with van der Waals surface area (Å²) >= 11 is 0. The molecule has 1 amide bonds. The topological polar surface area (TPSA) is 71.3 Å². The van der Waals surface area contributed by atoms with Gasteiger partial charge in [0.1, 0.15) is 17.9 Å². The first kappa shape index (κ1) is 11.9. The number of carbonyl (C=O) groups excluding carboxylic acids is 1. The van der Waals surface area contributed by atoms with Gasteiger partial charge in [-0.2, -0.15) is 5.26 Å². The van der Waals surface area contributed by atoms with Crippen LogP contribution in [0.3, 0.4) is 0 Å². The Morgan fingerprint density at radius 1 is 1.44 bits per heavy atom. The Hall–Kier alpha value is -2.22. The van der Waals surface area contributed by atoms with E-state index >= 15 is 0 Å². The molecule has 16 heavy (non-hydrogen) atoms. The molecular weight excluding hydrogens is 208 g/mol. The third-order valence-electron chi connectivity index (χ3n) is 1.92. The number of rotatable bonds is 4. The summed E-state index contributed by atoms with van der Waals surface area (Å²) in [5.74, 6) is 0.756. The monoisotopic (exact) mass is 220 g/mol. The molecule has 5 nitrogen and oxygen atoms in total. The fourth-order valence-corrected chi connectivity index (χ4v) is 1.17. The van der Waals surface area contributed by atoms with Gasteiger partial charge in [0.25, 0.3) is 0 Å². The maximum atomic E-state index is 11.2. The van der Waals surface area contributed by atoms with Gasteiger partial charge in [0, 0.05) is 6.07 Å². The Balaban J connectivity index is 2.88. The lowest BCUT2D eigenvalue weighted by Crippen LogP contribution is -2.11. The number of benzene rings is 1. The molecule has 0 saturated heterocycles. The van der Waals surface area contributed by atoms with Crippen molar-refractivity contribution >= 4 is 11.6 Å². The second-order valence-electron chi connectivity index (χ2n) is 2.95. The van der Waals surface area contributed by atoms with Gasteiger partial charge < -0.3 is 14.8 Å². The molecular formula is C11H12N2O3. The predicted molar refractivity (Wildman–Crippen MR) is 58.4 cm³/mol. The van der Waals surface area contributed by atoms with Crippen molar-refractivity contribution < 1.29 is 14.3 Å². The number of nitriles is 1. The lowest BCUT2D eigenvalue weighted by molar-refractivity contribution is -0.115. The largest absolute Gasteiger partial charge is 0.497 e. The standard InChI is InChI=1S/C11H12N2O3/c1-15-8-3-4-9(10(7-8)16-2)13-11(14)5-6-12/h3-4,7H,5H2,1-2H3,(H,13,14). The second kappa shape index (κ2) is 5.61. The fourth-order valence-electron chi connectivity index (χ4n) is 1.17. The molecule has 0 spiro atoms. The van der Waals surface area contributed by atoms with Gasteiger partial charge in [0.2, 0.25) is 5.91 Å². The Morgan fingerprint density at radius 2 is 2.19 bits per heavy atom. The minimum atomic E-state index is -0.369. The highest BCUT2D eigenvalue weighted by Crippen LogP contribution is 2.28. The fraction of sp³-hybridized carbons (Fsp3) is 0.273. The summed E-state index contributed by atoms with van der Waals surface area (Å²) in [6.45, 7) is 0. The van der Waals surface area contributed by atoms with Crippen LogP contribution in [0.25, 0.3) is 0 Å². The average Bonchev–Trinajstić information content (AvgIpc) is 2.30. The maximum Gasteiger partial charge on any atom is 0.238 e.